The summed E-state index contributed by atoms with van der Waals surface area (Å²) in [6.45, 7) is 0. The van der Waals surface area contributed by atoms with Crippen LogP contribution in [0, 0.1) is 0 Å². The minimum atomic E-state index is -1.29. The lowest BCUT2D eigenvalue weighted by Gasteiger charge is -2.03. The summed E-state index contributed by atoms with van der Waals surface area (Å²) in [5.41, 5.74) is 0.570. The summed E-state index contributed by atoms with van der Waals surface area (Å²) in [6, 6.07) is 16.8. The highest BCUT2D eigenvalue weighted by Crippen LogP contribution is 2.19. The van der Waals surface area contributed by atoms with Crippen molar-refractivity contribution < 1.29 is 13.4 Å². The van der Waals surface area contributed by atoms with Crippen molar-refractivity contribution in [2.75, 3.05) is 5.32 Å². The molecule has 2 aromatic carbocycles. The Hall–Kier alpha value is -2.08. The van der Waals surface area contributed by atoms with Crippen LogP contribution in [0.1, 0.15) is 16.3 Å². The van der Waals surface area contributed by atoms with Gasteiger partial charge in [-0.05, 0) is 54.6 Å². The van der Waals surface area contributed by atoms with E-state index in [2.05, 4.69) is 5.32 Å². The number of halogens is 2. The lowest BCUT2D eigenvalue weighted by molar-refractivity contribution is 0.0995. The minimum absolute atomic E-state index is 0.142. The molecule has 0 saturated heterocycles. The number of anilines is 1. The van der Waals surface area contributed by atoms with Gasteiger partial charge in [-0.2, -0.15) is 0 Å². The third-order valence-electron chi connectivity index (χ3n) is 3.32. The van der Waals surface area contributed by atoms with Crippen LogP contribution in [0.25, 0.3) is 0 Å². The van der Waals surface area contributed by atoms with Crippen LogP contribution < -0.4 is 5.32 Å². The third kappa shape index (κ3) is 4.72. The molecule has 0 radical (unpaired) electrons. The fourth-order valence-corrected chi connectivity index (χ4v) is 3.47. The minimum Gasteiger partial charge on any atom is -0.455 e. The van der Waals surface area contributed by atoms with E-state index in [1.807, 2.05) is 0 Å². The summed E-state index contributed by atoms with van der Waals surface area (Å²) in [5, 5.41) is 3.80. The second-order valence-electron chi connectivity index (χ2n) is 5.17. The van der Waals surface area contributed by atoms with Crippen LogP contribution in [0.3, 0.4) is 0 Å². The molecule has 0 saturated carbocycles. The molecule has 1 aromatic heterocycles. The molecule has 0 unspecified atom stereocenters. The van der Waals surface area contributed by atoms with Gasteiger partial charge in [-0.1, -0.05) is 29.3 Å². The van der Waals surface area contributed by atoms with Crippen LogP contribution in [-0.2, 0) is 16.6 Å². The monoisotopic (exact) mass is 393 g/mol. The largest absolute Gasteiger partial charge is 0.455 e. The normalized spacial score (nSPS) is 11.9. The molecule has 0 aliphatic heterocycles. The highest BCUT2D eigenvalue weighted by atomic mass is 35.5. The van der Waals surface area contributed by atoms with E-state index in [4.69, 9.17) is 27.6 Å². The van der Waals surface area contributed by atoms with Crippen molar-refractivity contribution in [1.29, 1.82) is 0 Å². The molecule has 7 heteroatoms. The van der Waals surface area contributed by atoms with Crippen molar-refractivity contribution in [2.24, 2.45) is 0 Å². The molecule has 0 aliphatic rings. The quantitative estimate of drug-likeness (QED) is 0.651. The van der Waals surface area contributed by atoms with Gasteiger partial charge >= 0.3 is 0 Å². The molecule has 25 heavy (non-hydrogen) atoms. The first-order valence-corrected chi connectivity index (χ1v) is 9.38. The number of benzene rings is 2. The summed E-state index contributed by atoms with van der Waals surface area (Å²) in [5.74, 6) is 0.380. The van der Waals surface area contributed by atoms with E-state index in [9.17, 15) is 9.00 Å². The van der Waals surface area contributed by atoms with Gasteiger partial charge in [0.1, 0.15) is 5.76 Å². The van der Waals surface area contributed by atoms with Crippen molar-refractivity contribution in [3.05, 3.63) is 82.2 Å². The van der Waals surface area contributed by atoms with E-state index in [-0.39, 0.29) is 11.5 Å². The van der Waals surface area contributed by atoms with Gasteiger partial charge in [0.2, 0.25) is 0 Å². The standard InChI is InChI=1S/C18H13Cl2NO3S/c19-12-4-7-16(8-5-12)25(23)11-15-6-9-17(24-15)18(22)21-14-3-1-2-13(20)10-14/h1-10H,11H2,(H,21,22)/t25-/m1/s1. The number of hydrogen-bond donors (Lipinski definition) is 1. The number of amides is 1. The molecule has 0 bridgehead atoms. The van der Waals surface area contributed by atoms with Crippen molar-refractivity contribution in [2.45, 2.75) is 10.6 Å². The average Bonchev–Trinajstić information content (AvgIpc) is 3.04. The van der Waals surface area contributed by atoms with Gasteiger partial charge in [-0.25, -0.2) is 0 Å². The summed E-state index contributed by atoms with van der Waals surface area (Å²) in [7, 11) is -1.29. The van der Waals surface area contributed by atoms with E-state index in [1.165, 1.54) is 0 Å². The van der Waals surface area contributed by atoms with E-state index in [1.54, 1.807) is 60.7 Å². The molecular formula is C18H13Cl2NO3S. The van der Waals surface area contributed by atoms with Crippen molar-refractivity contribution in [3.8, 4) is 0 Å². The molecule has 1 N–H and O–H groups in total. The summed E-state index contributed by atoms with van der Waals surface area (Å²) < 4.78 is 17.8. The van der Waals surface area contributed by atoms with E-state index < -0.39 is 16.7 Å². The maximum absolute atomic E-state index is 12.3. The molecule has 4 nitrogen and oxygen atoms in total. The van der Waals surface area contributed by atoms with Crippen LogP contribution in [0.15, 0.2) is 70.0 Å². The summed E-state index contributed by atoms with van der Waals surface area (Å²) in [4.78, 5) is 12.8. The smallest absolute Gasteiger partial charge is 0.291 e. The van der Waals surface area contributed by atoms with Crippen LogP contribution in [0.4, 0.5) is 5.69 Å². The van der Waals surface area contributed by atoms with Crippen molar-refractivity contribution in [3.63, 3.8) is 0 Å². The van der Waals surface area contributed by atoms with Crippen LogP contribution in [0.5, 0.6) is 0 Å². The molecule has 3 rings (SSSR count). The Bertz CT molecular complexity index is 922. The second kappa shape index (κ2) is 7.87. The predicted molar refractivity (Wildman–Crippen MR) is 99.7 cm³/mol. The SMILES string of the molecule is O=C(Nc1cccc(Cl)c1)c1ccc(C[S@@](=O)c2ccc(Cl)cc2)o1. The highest BCUT2D eigenvalue weighted by Gasteiger charge is 2.14. The van der Waals surface area contributed by atoms with Crippen molar-refractivity contribution >= 4 is 45.6 Å². The molecule has 1 amide bonds. The van der Waals surface area contributed by atoms with E-state index >= 15 is 0 Å². The average molecular weight is 394 g/mol. The Balaban J connectivity index is 1.66. The van der Waals surface area contributed by atoms with Crippen molar-refractivity contribution in [1.82, 2.24) is 0 Å². The summed E-state index contributed by atoms with van der Waals surface area (Å²) >= 11 is 11.7. The molecular weight excluding hydrogens is 381 g/mol. The second-order valence-corrected chi connectivity index (χ2v) is 7.50. The number of carbonyl (C=O) groups is 1. The Morgan fingerprint density at radius 1 is 1.00 bits per heavy atom. The molecule has 3 aromatic rings. The molecule has 0 spiro atoms. The first-order chi connectivity index (χ1) is 12.0. The zero-order chi connectivity index (χ0) is 17.8. The maximum atomic E-state index is 12.3. The maximum Gasteiger partial charge on any atom is 0.291 e. The van der Waals surface area contributed by atoms with Crippen LogP contribution in [0.2, 0.25) is 10.0 Å². The zero-order valence-corrected chi connectivity index (χ0v) is 15.2. The highest BCUT2D eigenvalue weighted by molar-refractivity contribution is 7.84. The zero-order valence-electron chi connectivity index (χ0n) is 12.9. The van der Waals surface area contributed by atoms with Crippen LogP contribution in [-0.4, -0.2) is 10.1 Å². The first-order valence-electron chi connectivity index (χ1n) is 7.31. The molecule has 0 aliphatic carbocycles. The molecule has 1 heterocycles. The van der Waals surface area contributed by atoms with Gasteiger partial charge in [-0.15, -0.1) is 0 Å². The van der Waals surface area contributed by atoms with E-state index in [0.717, 1.165) is 0 Å². The Labute approximate surface area is 157 Å². The lowest BCUT2D eigenvalue weighted by Crippen LogP contribution is -2.10. The first kappa shape index (κ1) is 17.7. The number of rotatable bonds is 5. The van der Waals surface area contributed by atoms with Gasteiger partial charge in [0.15, 0.2) is 5.76 Å². The van der Waals surface area contributed by atoms with Gasteiger partial charge in [0.05, 0.1) is 16.6 Å². The van der Waals surface area contributed by atoms with Crippen LogP contribution >= 0.6 is 23.2 Å². The Kier molecular flexibility index (Phi) is 5.58. The molecule has 128 valence electrons. The topological polar surface area (TPSA) is 59.3 Å². The Morgan fingerprint density at radius 3 is 2.48 bits per heavy atom. The fraction of sp³-hybridized carbons (Fsp3) is 0.0556. The third-order valence-corrected chi connectivity index (χ3v) is 5.15. The number of hydrogen-bond acceptors (Lipinski definition) is 3. The fourth-order valence-electron chi connectivity index (χ4n) is 2.14. The number of furan rings is 1. The summed E-state index contributed by atoms with van der Waals surface area (Å²) in [6.07, 6.45) is 0. The lowest BCUT2D eigenvalue weighted by atomic mass is 10.3. The van der Waals surface area contributed by atoms with E-state index in [0.29, 0.717) is 26.4 Å². The van der Waals surface area contributed by atoms with Gasteiger partial charge in [-0.3, -0.25) is 9.00 Å². The number of nitrogens with one attached hydrogen (secondary N) is 1. The predicted octanol–water partition coefficient (Wildman–Crippen LogP) is 5.15. The molecule has 1 atom stereocenters. The Morgan fingerprint density at radius 2 is 1.76 bits per heavy atom. The molecule has 0 fully saturated rings. The number of carbonyl (C=O) groups excluding carboxylic acids is 1. The van der Waals surface area contributed by atoms with Gasteiger partial charge < -0.3 is 9.73 Å². The van der Waals surface area contributed by atoms with Gasteiger partial charge in [0.25, 0.3) is 5.91 Å². The van der Waals surface area contributed by atoms with Gasteiger partial charge in [0, 0.05) is 20.6 Å².